The highest BCUT2D eigenvalue weighted by Gasteiger charge is 2.46. The van der Waals surface area contributed by atoms with Crippen LogP contribution in [0.15, 0.2) is 158 Å². The van der Waals surface area contributed by atoms with Gasteiger partial charge in [0.25, 0.3) is 0 Å². The highest BCUT2D eigenvalue weighted by molar-refractivity contribution is 6.91. The second kappa shape index (κ2) is 14.8. The van der Waals surface area contributed by atoms with Gasteiger partial charge in [0.05, 0.1) is 8.07 Å². The van der Waals surface area contributed by atoms with Crippen LogP contribution in [-0.4, -0.2) is 23.0 Å². The molecule has 1 heterocycles. The summed E-state index contributed by atoms with van der Waals surface area (Å²) in [6.07, 6.45) is 5.04. The molecule has 0 N–H and O–H groups in total. The average molecular weight is 768 g/mol. The first-order valence-corrected chi connectivity index (χ1v) is 24.0. The van der Waals surface area contributed by atoms with Gasteiger partial charge in [0.1, 0.15) is 0 Å². The van der Waals surface area contributed by atoms with Crippen molar-refractivity contribution < 1.29 is 0 Å². The Labute approximate surface area is 343 Å². The fraction of sp³-hybridized carbons (Fsp3) is 0.204. The van der Waals surface area contributed by atoms with Crippen molar-refractivity contribution in [2.24, 2.45) is 0 Å². The summed E-state index contributed by atoms with van der Waals surface area (Å²) in [6, 6.07) is 61.6. The van der Waals surface area contributed by atoms with Crippen LogP contribution >= 0.6 is 0 Å². The zero-order valence-electron chi connectivity index (χ0n) is 33.8. The minimum absolute atomic E-state index is 0.106. The van der Waals surface area contributed by atoms with Gasteiger partial charge in [-0.3, -0.25) is 0 Å². The molecule has 2 aliphatic rings. The van der Waals surface area contributed by atoms with Crippen molar-refractivity contribution in [2.45, 2.75) is 70.0 Å². The molecule has 0 atom stereocenters. The maximum absolute atomic E-state index is 5.24. The summed E-state index contributed by atoms with van der Waals surface area (Å²) in [4.78, 5) is 15.6. The molecular weight excluding hydrogens is 719 g/mol. The lowest BCUT2D eigenvalue weighted by atomic mass is 9.76. The lowest BCUT2D eigenvalue weighted by Crippen LogP contribution is -2.46. The fourth-order valence-corrected chi connectivity index (χ4v) is 14.0. The quantitative estimate of drug-likeness (QED) is 0.137. The molecule has 4 heteroatoms. The van der Waals surface area contributed by atoms with Crippen LogP contribution in [0.4, 0.5) is 0 Å². The molecular formula is C54H49N3Si. The molecule has 7 aromatic carbocycles. The van der Waals surface area contributed by atoms with Crippen molar-refractivity contribution in [2.75, 3.05) is 0 Å². The van der Waals surface area contributed by atoms with Crippen LogP contribution in [0.2, 0.25) is 18.1 Å². The molecule has 0 unspecified atom stereocenters. The molecule has 1 fully saturated rings. The third-order valence-corrected chi connectivity index (χ3v) is 19.4. The van der Waals surface area contributed by atoms with E-state index in [-0.39, 0.29) is 5.41 Å². The largest absolute Gasteiger partial charge is 0.208 e. The summed E-state index contributed by atoms with van der Waals surface area (Å²) in [5.74, 6) is 2.00. The maximum Gasteiger partial charge on any atom is 0.164 e. The smallest absolute Gasteiger partial charge is 0.164 e. The Hall–Kier alpha value is -5.97. The van der Waals surface area contributed by atoms with Crippen LogP contribution < -0.4 is 5.19 Å². The SMILES string of the molecule is CC[Si](CC)(CC)c1ccc2c(c1)C1(CCCC1)c1cc(-c3cccc(-c4nc(-c5cccc(-c6ccccc6)c5)nc(-c5cccc6ccccc56)n4)c3)ccc1-2. The molecule has 284 valence electrons. The Kier molecular flexibility index (Phi) is 9.25. The standard InChI is InChI=1S/C54H49N3Si/c1-4-58(5-2,6-3)44-28-30-47-46-29-27-41(35-49(46)54(50(47)36-44)31-12-13-32-54)40-22-15-24-43(34-40)52-55-51(42-23-14-21-39(33-42)37-17-8-7-9-18-37)56-53(57-52)48-26-16-20-38-19-10-11-25-45(38)48/h7-11,14-30,33-36H,4-6,12-13,31-32H2,1-3H3. The lowest BCUT2D eigenvalue weighted by Gasteiger charge is -2.32. The van der Waals surface area contributed by atoms with Gasteiger partial charge in [-0.2, -0.15) is 0 Å². The molecule has 0 amide bonds. The Morgan fingerprint density at radius 3 is 1.64 bits per heavy atom. The predicted octanol–water partition coefficient (Wildman–Crippen LogP) is 13.9. The summed E-state index contributed by atoms with van der Waals surface area (Å²) in [7, 11) is -1.51. The summed E-state index contributed by atoms with van der Waals surface area (Å²) >= 11 is 0. The molecule has 3 nitrogen and oxygen atoms in total. The van der Waals surface area contributed by atoms with Crippen molar-refractivity contribution in [1.29, 1.82) is 0 Å². The number of nitrogens with zero attached hydrogens (tertiary/aromatic N) is 3. The topological polar surface area (TPSA) is 38.7 Å². The van der Waals surface area contributed by atoms with E-state index in [0.717, 1.165) is 38.6 Å². The fourth-order valence-electron chi connectivity index (χ4n) is 10.4. The van der Waals surface area contributed by atoms with E-state index in [1.807, 2.05) is 0 Å². The van der Waals surface area contributed by atoms with E-state index >= 15 is 0 Å². The first kappa shape index (κ1) is 36.4. The highest BCUT2D eigenvalue weighted by atomic mass is 28.3. The second-order valence-corrected chi connectivity index (χ2v) is 21.8. The van der Waals surface area contributed by atoms with Crippen LogP contribution in [0, 0.1) is 0 Å². The maximum atomic E-state index is 5.24. The van der Waals surface area contributed by atoms with E-state index < -0.39 is 8.07 Å². The molecule has 1 aromatic heterocycles. The molecule has 8 aromatic rings. The van der Waals surface area contributed by atoms with E-state index in [1.54, 1.807) is 10.8 Å². The van der Waals surface area contributed by atoms with Gasteiger partial charge in [0, 0.05) is 22.1 Å². The predicted molar refractivity (Wildman–Crippen MR) is 246 cm³/mol. The number of hydrogen-bond donors (Lipinski definition) is 0. The molecule has 0 radical (unpaired) electrons. The van der Waals surface area contributed by atoms with E-state index in [4.69, 9.17) is 15.0 Å². The van der Waals surface area contributed by atoms with Crippen LogP contribution in [-0.2, 0) is 5.41 Å². The van der Waals surface area contributed by atoms with Gasteiger partial charge in [-0.15, -0.1) is 0 Å². The van der Waals surface area contributed by atoms with Crippen LogP contribution in [0.5, 0.6) is 0 Å². The van der Waals surface area contributed by atoms with Gasteiger partial charge in [0.2, 0.25) is 0 Å². The van der Waals surface area contributed by atoms with E-state index in [0.29, 0.717) is 17.5 Å². The minimum atomic E-state index is -1.51. The zero-order valence-corrected chi connectivity index (χ0v) is 34.8. The summed E-state index contributed by atoms with van der Waals surface area (Å²) in [5, 5.41) is 3.95. The van der Waals surface area contributed by atoms with Crippen LogP contribution in [0.3, 0.4) is 0 Å². The third-order valence-electron chi connectivity index (χ3n) is 13.8. The molecule has 0 bridgehead atoms. The van der Waals surface area contributed by atoms with Gasteiger partial charge in [-0.05, 0) is 86.3 Å². The molecule has 0 saturated heterocycles. The molecule has 10 rings (SSSR count). The number of hydrogen-bond acceptors (Lipinski definition) is 3. The molecule has 1 saturated carbocycles. The first-order valence-electron chi connectivity index (χ1n) is 21.3. The Bertz CT molecular complexity index is 2800. The zero-order chi connectivity index (χ0) is 39.3. The average Bonchev–Trinajstić information content (AvgIpc) is 3.90. The van der Waals surface area contributed by atoms with Crippen molar-refractivity contribution in [1.82, 2.24) is 15.0 Å². The van der Waals surface area contributed by atoms with E-state index in [9.17, 15) is 0 Å². The lowest BCUT2D eigenvalue weighted by molar-refractivity contribution is 0.550. The Morgan fingerprint density at radius 2 is 0.948 bits per heavy atom. The monoisotopic (exact) mass is 767 g/mol. The highest BCUT2D eigenvalue weighted by Crippen LogP contribution is 2.57. The van der Waals surface area contributed by atoms with Crippen molar-refractivity contribution in [3.05, 3.63) is 169 Å². The Balaban J connectivity index is 1.09. The first-order chi connectivity index (χ1) is 28.5. The summed E-state index contributed by atoms with van der Waals surface area (Å²) in [6.45, 7) is 7.29. The molecule has 1 spiro atoms. The number of aromatic nitrogens is 3. The van der Waals surface area contributed by atoms with Gasteiger partial charge < -0.3 is 0 Å². The number of fused-ring (bicyclic) bond motifs is 6. The third kappa shape index (κ3) is 6.05. The van der Waals surface area contributed by atoms with Crippen molar-refractivity contribution in [3.63, 3.8) is 0 Å². The summed E-state index contributed by atoms with van der Waals surface area (Å²) in [5.41, 5.74) is 13.8. The molecule has 2 aliphatic carbocycles. The van der Waals surface area contributed by atoms with Crippen LogP contribution in [0.25, 0.3) is 78.3 Å². The Morgan fingerprint density at radius 1 is 0.431 bits per heavy atom. The molecule has 58 heavy (non-hydrogen) atoms. The van der Waals surface area contributed by atoms with Gasteiger partial charge in [-0.25, -0.2) is 15.0 Å². The summed E-state index contributed by atoms with van der Waals surface area (Å²) < 4.78 is 0. The van der Waals surface area contributed by atoms with E-state index in [2.05, 4.69) is 178 Å². The van der Waals surface area contributed by atoms with Crippen LogP contribution in [0.1, 0.15) is 57.6 Å². The van der Waals surface area contributed by atoms with Crippen molar-refractivity contribution >= 4 is 24.0 Å². The number of benzene rings is 7. The normalized spacial score (nSPS) is 14.2. The minimum Gasteiger partial charge on any atom is -0.208 e. The van der Waals surface area contributed by atoms with Gasteiger partial charge >= 0.3 is 0 Å². The number of rotatable bonds is 9. The molecule has 0 aliphatic heterocycles. The second-order valence-electron chi connectivity index (χ2n) is 16.5. The van der Waals surface area contributed by atoms with Gasteiger partial charge in [-0.1, -0.05) is 196 Å². The van der Waals surface area contributed by atoms with Crippen molar-refractivity contribution in [3.8, 4) is 67.5 Å². The van der Waals surface area contributed by atoms with E-state index in [1.165, 1.54) is 71.6 Å². The van der Waals surface area contributed by atoms with Gasteiger partial charge in [0.15, 0.2) is 17.5 Å².